The quantitative estimate of drug-likeness (QED) is 0.813. The van der Waals surface area contributed by atoms with Crippen molar-refractivity contribution in [1.29, 1.82) is 0 Å². The van der Waals surface area contributed by atoms with Crippen LogP contribution < -0.4 is 15.5 Å². The molecule has 1 saturated heterocycles. The second-order valence-electron chi connectivity index (χ2n) is 6.98. The summed E-state index contributed by atoms with van der Waals surface area (Å²) in [5.41, 5.74) is 2.42. The zero-order valence-corrected chi connectivity index (χ0v) is 15.4. The van der Waals surface area contributed by atoms with Crippen LogP contribution in [-0.4, -0.2) is 24.9 Å². The Hall–Kier alpha value is -2.89. The maximum Gasteiger partial charge on any atom is 0.313 e. The van der Waals surface area contributed by atoms with E-state index in [2.05, 4.69) is 22.5 Å². The van der Waals surface area contributed by atoms with Crippen molar-refractivity contribution < 1.29 is 14.0 Å². The van der Waals surface area contributed by atoms with E-state index >= 15 is 0 Å². The van der Waals surface area contributed by atoms with E-state index in [1.807, 2.05) is 12.1 Å². The van der Waals surface area contributed by atoms with E-state index in [0.29, 0.717) is 5.69 Å². The summed E-state index contributed by atoms with van der Waals surface area (Å²) in [5, 5.41) is 5.12. The number of benzene rings is 2. The lowest BCUT2D eigenvalue weighted by Gasteiger charge is -2.32. The van der Waals surface area contributed by atoms with E-state index in [1.165, 1.54) is 25.0 Å². The molecule has 27 heavy (non-hydrogen) atoms. The molecule has 3 rings (SSSR count). The van der Waals surface area contributed by atoms with Crippen LogP contribution in [0.5, 0.6) is 0 Å². The second-order valence-corrected chi connectivity index (χ2v) is 6.98. The van der Waals surface area contributed by atoms with E-state index in [1.54, 1.807) is 24.3 Å². The van der Waals surface area contributed by atoms with Gasteiger partial charge < -0.3 is 15.5 Å². The first-order valence-corrected chi connectivity index (χ1v) is 9.20. The molecule has 0 saturated carbocycles. The Morgan fingerprint density at radius 2 is 1.63 bits per heavy atom. The van der Waals surface area contributed by atoms with Gasteiger partial charge in [-0.1, -0.05) is 19.1 Å². The number of halogens is 1. The monoisotopic (exact) mass is 369 g/mol. The van der Waals surface area contributed by atoms with E-state index in [9.17, 15) is 14.0 Å². The molecule has 1 fully saturated rings. The van der Waals surface area contributed by atoms with Crippen LogP contribution in [0.2, 0.25) is 0 Å². The van der Waals surface area contributed by atoms with E-state index in [4.69, 9.17) is 0 Å². The first-order chi connectivity index (χ1) is 13.0. The van der Waals surface area contributed by atoms with E-state index < -0.39 is 11.8 Å². The summed E-state index contributed by atoms with van der Waals surface area (Å²) < 4.78 is 12.9. The average Bonchev–Trinajstić information content (AvgIpc) is 2.68. The number of amides is 2. The lowest BCUT2D eigenvalue weighted by molar-refractivity contribution is -0.136. The Morgan fingerprint density at radius 1 is 1.00 bits per heavy atom. The number of piperidine rings is 1. The van der Waals surface area contributed by atoms with Crippen LogP contribution in [-0.2, 0) is 16.1 Å². The lowest BCUT2D eigenvalue weighted by atomic mass is 9.99. The predicted molar refractivity (Wildman–Crippen MR) is 104 cm³/mol. The summed E-state index contributed by atoms with van der Waals surface area (Å²) >= 11 is 0. The van der Waals surface area contributed by atoms with Gasteiger partial charge in [-0.05, 0) is 60.7 Å². The van der Waals surface area contributed by atoms with Crippen molar-refractivity contribution in [1.82, 2.24) is 5.32 Å². The Kier molecular flexibility index (Phi) is 6.06. The average molecular weight is 369 g/mol. The van der Waals surface area contributed by atoms with E-state index in [0.717, 1.165) is 30.3 Å². The molecular formula is C21H24FN3O2. The van der Waals surface area contributed by atoms with Gasteiger partial charge in [-0.3, -0.25) is 9.59 Å². The molecule has 0 unspecified atom stereocenters. The van der Waals surface area contributed by atoms with Crippen LogP contribution in [0.1, 0.15) is 25.3 Å². The van der Waals surface area contributed by atoms with Crippen molar-refractivity contribution in [2.24, 2.45) is 5.92 Å². The number of nitrogens with one attached hydrogen (secondary N) is 2. The molecule has 1 aliphatic heterocycles. The molecule has 2 aromatic rings. The fourth-order valence-corrected chi connectivity index (χ4v) is 3.08. The van der Waals surface area contributed by atoms with Gasteiger partial charge in [0.2, 0.25) is 0 Å². The van der Waals surface area contributed by atoms with Crippen molar-refractivity contribution in [3.8, 4) is 0 Å². The minimum Gasteiger partial charge on any atom is -0.372 e. The van der Waals surface area contributed by atoms with Crippen LogP contribution in [0.25, 0.3) is 0 Å². The summed E-state index contributed by atoms with van der Waals surface area (Å²) in [4.78, 5) is 26.3. The Morgan fingerprint density at radius 3 is 2.26 bits per heavy atom. The molecule has 0 aromatic heterocycles. The molecule has 0 bridgehead atoms. The van der Waals surface area contributed by atoms with Gasteiger partial charge in [0.05, 0.1) is 0 Å². The molecule has 0 radical (unpaired) electrons. The fraction of sp³-hybridized carbons (Fsp3) is 0.333. The van der Waals surface area contributed by atoms with Crippen molar-refractivity contribution >= 4 is 23.2 Å². The fourth-order valence-electron chi connectivity index (χ4n) is 3.08. The van der Waals surface area contributed by atoms with Gasteiger partial charge in [0.1, 0.15) is 5.82 Å². The third-order valence-electron chi connectivity index (χ3n) is 4.85. The maximum atomic E-state index is 12.9. The van der Waals surface area contributed by atoms with Gasteiger partial charge in [0.15, 0.2) is 0 Å². The zero-order valence-electron chi connectivity index (χ0n) is 15.4. The Labute approximate surface area is 158 Å². The van der Waals surface area contributed by atoms with Crippen molar-refractivity contribution in [3.63, 3.8) is 0 Å². The van der Waals surface area contributed by atoms with Gasteiger partial charge in [-0.2, -0.15) is 0 Å². The highest BCUT2D eigenvalue weighted by atomic mass is 19.1. The van der Waals surface area contributed by atoms with Gasteiger partial charge in [0.25, 0.3) is 0 Å². The van der Waals surface area contributed by atoms with Gasteiger partial charge in [0, 0.05) is 31.0 Å². The van der Waals surface area contributed by atoms with Gasteiger partial charge in [-0.15, -0.1) is 0 Å². The molecule has 1 heterocycles. The number of carbonyl (C=O) groups is 2. The molecule has 1 aliphatic rings. The lowest BCUT2D eigenvalue weighted by Crippen LogP contribution is -2.35. The highest BCUT2D eigenvalue weighted by molar-refractivity contribution is 6.39. The zero-order chi connectivity index (χ0) is 19.2. The van der Waals surface area contributed by atoms with Crippen LogP contribution in [0.15, 0.2) is 48.5 Å². The third-order valence-corrected chi connectivity index (χ3v) is 4.85. The normalized spacial score (nSPS) is 14.7. The number of nitrogens with zero attached hydrogens (tertiary/aromatic N) is 1. The molecule has 2 N–H and O–H groups in total. The van der Waals surface area contributed by atoms with Crippen molar-refractivity contribution in [2.45, 2.75) is 26.3 Å². The SMILES string of the molecule is CC1CCN(c2ccc(NC(=O)C(=O)NCc3ccc(F)cc3)cc2)CC1. The second kappa shape index (κ2) is 8.66. The molecule has 6 heteroatoms. The Bertz CT molecular complexity index is 782. The third kappa shape index (κ3) is 5.29. The number of hydrogen-bond acceptors (Lipinski definition) is 3. The minimum atomic E-state index is -0.728. The Balaban J connectivity index is 1.49. The van der Waals surface area contributed by atoms with Gasteiger partial charge >= 0.3 is 11.8 Å². The molecule has 5 nitrogen and oxygen atoms in total. The van der Waals surface area contributed by atoms with Crippen molar-refractivity contribution in [2.75, 3.05) is 23.3 Å². The molecule has 0 spiro atoms. The molecule has 142 valence electrons. The van der Waals surface area contributed by atoms with Crippen LogP contribution in [0.4, 0.5) is 15.8 Å². The molecular weight excluding hydrogens is 345 g/mol. The van der Waals surface area contributed by atoms with E-state index in [-0.39, 0.29) is 12.4 Å². The summed E-state index contributed by atoms with van der Waals surface area (Å²) in [7, 11) is 0. The standard InChI is InChI=1S/C21H24FN3O2/c1-15-10-12-25(13-11-15)19-8-6-18(7-9-19)24-21(27)20(26)23-14-16-2-4-17(22)5-3-16/h2-9,15H,10-14H2,1H3,(H,23,26)(H,24,27). The highest BCUT2D eigenvalue weighted by Gasteiger charge is 2.17. The number of anilines is 2. The number of rotatable bonds is 4. The summed E-state index contributed by atoms with van der Waals surface area (Å²) in [6, 6.07) is 13.3. The molecule has 0 atom stereocenters. The minimum absolute atomic E-state index is 0.166. The van der Waals surface area contributed by atoms with Gasteiger partial charge in [-0.25, -0.2) is 4.39 Å². The van der Waals surface area contributed by atoms with Crippen LogP contribution in [0, 0.1) is 11.7 Å². The predicted octanol–water partition coefficient (Wildman–Crippen LogP) is 3.32. The smallest absolute Gasteiger partial charge is 0.313 e. The summed E-state index contributed by atoms with van der Waals surface area (Å²) in [6.07, 6.45) is 2.37. The van der Waals surface area contributed by atoms with Crippen LogP contribution in [0.3, 0.4) is 0 Å². The summed E-state index contributed by atoms with van der Waals surface area (Å²) in [6.45, 7) is 4.52. The molecule has 2 amide bonds. The first-order valence-electron chi connectivity index (χ1n) is 9.20. The molecule has 2 aromatic carbocycles. The van der Waals surface area contributed by atoms with Crippen molar-refractivity contribution in [3.05, 3.63) is 59.9 Å². The molecule has 0 aliphatic carbocycles. The highest BCUT2D eigenvalue weighted by Crippen LogP contribution is 2.24. The topological polar surface area (TPSA) is 61.4 Å². The summed E-state index contributed by atoms with van der Waals surface area (Å²) in [5.74, 6) is -1.02. The largest absolute Gasteiger partial charge is 0.372 e. The number of hydrogen-bond donors (Lipinski definition) is 2. The first kappa shape index (κ1) is 18.9. The van der Waals surface area contributed by atoms with Crippen LogP contribution >= 0.6 is 0 Å². The maximum absolute atomic E-state index is 12.9. The number of carbonyl (C=O) groups excluding carboxylic acids is 2.